The molecule has 1 N–H and O–H groups in total. The Kier molecular flexibility index (Phi) is 5.24. The third kappa shape index (κ3) is 3.50. The molecule has 10 heavy (non-hydrogen) atoms. The van der Waals surface area contributed by atoms with Crippen molar-refractivity contribution in [3.8, 4) is 0 Å². The van der Waals surface area contributed by atoms with Crippen LogP contribution in [-0.2, 0) is 4.79 Å². The van der Waals surface area contributed by atoms with E-state index in [1.165, 1.54) is 0 Å². The SMILES string of the molecule is CCC[CH](C(=O)O)[Bi]([CH3])[CH3]. The standard InChI is InChI=1S/C5H9O2.2CH3.Bi/c1-2-3-4-5(6)7;;;/h4H,2-3H2,1H3,(H,6,7);2*1H3;. The van der Waals surface area contributed by atoms with Crippen molar-refractivity contribution in [1.82, 2.24) is 0 Å². The first-order valence-corrected chi connectivity index (χ1v) is 12.4. The van der Waals surface area contributed by atoms with Crippen LogP contribution in [0.25, 0.3) is 0 Å². The first-order valence-electron chi connectivity index (χ1n) is 3.48. The predicted molar refractivity (Wildman–Crippen MR) is 43.8 cm³/mol. The zero-order chi connectivity index (χ0) is 8.15. The summed E-state index contributed by atoms with van der Waals surface area (Å²) in [5.74, 6) is -0.565. The predicted octanol–water partition coefficient (Wildman–Crippen LogP) is 2.00. The molecule has 0 heterocycles. The molecule has 60 valence electrons. The van der Waals surface area contributed by atoms with Crippen LogP contribution in [0.4, 0.5) is 0 Å². The van der Waals surface area contributed by atoms with E-state index >= 15 is 0 Å². The third-order valence-electron chi connectivity index (χ3n) is 1.47. The molecule has 0 radical (unpaired) electrons. The Morgan fingerprint density at radius 3 is 2.20 bits per heavy atom. The molecule has 1 atom stereocenters. The topological polar surface area (TPSA) is 37.3 Å². The molecular weight excluding hydrogens is 325 g/mol. The normalized spacial score (nSPS) is 13.6. The Hall–Kier alpha value is 0.353. The monoisotopic (exact) mass is 340 g/mol. The van der Waals surface area contributed by atoms with Gasteiger partial charge in [0.2, 0.25) is 0 Å². The zero-order valence-electron chi connectivity index (χ0n) is 6.79. The van der Waals surface area contributed by atoms with Crippen molar-refractivity contribution < 1.29 is 9.90 Å². The third-order valence-corrected chi connectivity index (χ3v) is 8.18. The van der Waals surface area contributed by atoms with E-state index in [-0.39, 0.29) is 3.63 Å². The minimum atomic E-state index is -1.53. The molecule has 0 aromatic rings. The average Bonchev–Trinajstić information content (AvgIpc) is 1.81. The summed E-state index contributed by atoms with van der Waals surface area (Å²) in [5, 5.41) is 8.73. The molecule has 2 nitrogen and oxygen atoms in total. The Balaban J connectivity index is 3.85. The molecule has 3 heteroatoms. The van der Waals surface area contributed by atoms with Crippen molar-refractivity contribution in [2.75, 3.05) is 0 Å². The number of hydrogen-bond acceptors (Lipinski definition) is 1. The fourth-order valence-electron chi connectivity index (χ4n) is 0.876. The summed E-state index contributed by atoms with van der Waals surface area (Å²) in [7, 11) is 0. The summed E-state index contributed by atoms with van der Waals surface area (Å²) >= 11 is -1.53. The summed E-state index contributed by atoms with van der Waals surface area (Å²) in [4.78, 5) is 10.6. The van der Waals surface area contributed by atoms with E-state index in [4.69, 9.17) is 5.11 Å². The first kappa shape index (κ1) is 10.4. The van der Waals surface area contributed by atoms with Crippen molar-refractivity contribution in [2.45, 2.75) is 32.7 Å². The summed E-state index contributed by atoms with van der Waals surface area (Å²) in [5.41, 5.74) is 0. The first-order chi connectivity index (χ1) is 4.59. The minimum absolute atomic E-state index is 0.0556. The van der Waals surface area contributed by atoms with E-state index < -0.39 is 27.7 Å². The Morgan fingerprint density at radius 2 is 2.10 bits per heavy atom. The second kappa shape index (κ2) is 5.06. The van der Waals surface area contributed by atoms with Crippen molar-refractivity contribution in [1.29, 1.82) is 0 Å². The number of carbonyl (C=O) groups is 1. The number of aliphatic carboxylic acids is 1. The van der Waals surface area contributed by atoms with Gasteiger partial charge in [-0.1, -0.05) is 0 Å². The number of hydrogen-bond donors (Lipinski definition) is 1. The second-order valence-electron chi connectivity index (χ2n) is 2.61. The molecule has 0 saturated heterocycles. The van der Waals surface area contributed by atoms with Crippen LogP contribution in [0.2, 0.25) is 12.9 Å². The molecule has 0 amide bonds. The van der Waals surface area contributed by atoms with Gasteiger partial charge in [0.1, 0.15) is 0 Å². The van der Waals surface area contributed by atoms with Crippen molar-refractivity contribution in [2.24, 2.45) is 0 Å². The van der Waals surface area contributed by atoms with Gasteiger partial charge >= 0.3 is 70.3 Å². The second-order valence-corrected chi connectivity index (χ2v) is 12.5. The molecule has 0 aliphatic rings. The van der Waals surface area contributed by atoms with E-state index in [1.807, 2.05) is 6.92 Å². The van der Waals surface area contributed by atoms with Gasteiger partial charge in [0.25, 0.3) is 0 Å². The molecule has 0 aromatic heterocycles. The van der Waals surface area contributed by atoms with Gasteiger partial charge in [-0.3, -0.25) is 0 Å². The molecule has 1 unspecified atom stereocenters. The van der Waals surface area contributed by atoms with Crippen LogP contribution in [0, 0.1) is 0 Å². The average molecular weight is 340 g/mol. The van der Waals surface area contributed by atoms with Crippen molar-refractivity contribution >= 4 is 27.7 Å². The van der Waals surface area contributed by atoms with E-state index in [9.17, 15) is 4.79 Å². The van der Waals surface area contributed by atoms with E-state index in [0.29, 0.717) is 0 Å². The molecule has 0 aromatic carbocycles. The van der Waals surface area contributed by atoms with Gasteiger partial charge in [-0.05, 0) is 0 Å². The molecule has 0 fully saturated rings. The van der Waals surface area contributed by atoms with Crippen molar-refractivity contribution in [3.05, 3.63) is 0 Å². The maximum atomic E-state index is 10.6. The van der Waals surface area contributed by atoms with Crippen LogP contribution in [0.3, 0.4) is 0 Å². The summed E-state index contributed by atoms with van der Waals surface area (Å²) in [6.07, 6.45) is 1.89. The number of carboxylic acids is 1. The molecule has 0 rings (SSSR count). The van der Waals surface area contributed by atoms with Gasteiger partial charge in [-0.2, -0.15) is 0 Å². The van der Waals surface area contributed by atoms with Gasteiger partial charge in [-0.15, -0.1) is 0 Å². The summed E-state index contributed by atoms with van der Waals surface area (Å²) in [6, 6.07) is 0. The van der Waals surface area contributed by atoms with Crippen LogP contribution in [0.1, 0.15) is 19.8 Å². The molecular formula is C7H15BiO2. The van der Waals surface area contributed by atoms with Crippen LogP contribution in [-0.4, -0.2) is 32.8 Å². The van der Waals surface area contributed by atoms with E-state index in [0.717, 1.165) is 12.8 Å². The quantitative estimate of drug-likeness (QED) is 0.795. The molecule has 0 aliphatic heterocycles. The molecule has 0 bridgehead atoms. The zero-order valence-corrected chi connectivity index (χ0v) is 10.3. The van der Waals surface area contributed by atoms with Crippen LogP contribution in [0.15, 0.2) is 0 Å². The molecule has 0 aliphatic carbocycles. The van der Waals surface area contributed by atoms with Gasteiger partial charge in [0.05, 0.1) is 0 Å². The van der Waals surface area contributed by atoms with Crippen LogP contribution < -0.4 is 0 Å². The maximum absolute atomic E-state index is 10.6. The van der Waals surface area contributed by atoms with Crippen molar-refractivity contribution in [3.63, 3.8) is 0 Å². The molecule has 0 saturated carbocycles. The fourth-order valence-corrected chi connectivity index (χ4v) is 5.60. The number of rotatable bonds is 4. The summed E-state index contributed by atoms with van der Waals surface area (Å²) in [6.45, 7) is 2.04. The van der Waals surface area contributed by atoms with E-state index in [1.54, 1.807) is 0 Å². The van der Waals surface area contributed by atoms with Gasteiger partial charge in [0, 0.05) is 0 Å². The van der Waals surface area contributed by atoms with Gasteiger partial charge in [0.15, 0.2) is 0 Å². The molecule has 0 spiro atoms. The van der Waals surface area contributed by atoms with E-state index in [2.05, 4.69) is 9.26 Å². The summed E-state index contributed by atoms with van der Waals surface area (Å²) < 4.78 is 4.37. The van der Waals surface area contributed by atoms with Crippen LogP contribution in [0.5, 0.6) is 0 Å². The van der Waals surface area contributed by atoms with Gasteiger partial charge < -0.3 is 0 Å². The fraction of sp³-hybridized carbons (Fsp3) is 0.857. The van der Waals surface area contributed by atoms with Gasteiger partial charge in [-0.25, -0.2) is 0 Å². The number of carboxylic acid groups (broad SMARTS) is 1. The Bertz CT molecular complexity index is 112. The Labute approximate surface area is 70.3 Å². The Morgan fingerprint density at radius 1 is 1.60 bits per heavy atom. The van der Waals surface area contributed by atoms with Crippen LogP contribution >= 0.6 is 0 Å².